The maximum atomic E-state index is 5.68. The Morgan fingerprint density at radius 1 is 1.39 bits per heavy atom. The summed E-state index contributed by atoms with van der Waals surface area (Å²) >= 11 is 3.46. The van der Waals surface area contributed by atoms with Gasteiger partial charge in [-0.1, -0.05) is 34.1 Å². The SMILES string of the molecule is Cc1cnc(C2COc3ccccc32)nc1CBr. The minimum atomic E-state index is 0.152. The normalized spacial score (nSPS) is 17.3. The largest absolute Gasteiger partial charge is 0.492 e. The van der Waals surface area contributed by atoms with E-state index in [0.717, 1.165) is 28.2 Å². The first kappa shape index (κ1) is 11.7. The van der Waals surface area contributed by atoms with Crippen LogP contribution in [0.2, 0.25) is 0 Å². The number of alkyl halides is 1. The molecule has 1 aromatic carbocycles. The summed E-state index contributed by atoms with van der Waals surface area (Å²) in [5.74, 6) is 1.95. The van der Waals surface area contributed by atoms with Crippen molar-refractivity contribution in [3.8, 4) is 5.75 Å². The van der Waals surface area contributed by atoms with Crippen molar-refractivity contribution in [2.75, 3.05) is 6.61 Å². The second-order valence-corrected chi connectivity index (χ2v) is 4.95. The van der Waals surface area contributed by atoms with E-state index >= 15 is 0 Å². The molecule has 0 aliphatic carbocycles. The summed E-state index contributed by atoms with van der Waals surface area (Å²) in [6.07, 6.45) is 1.89. The van der Waals surface area contributed by atoms with Crippen molar-refractivity contribution in [1.82, 2.24) is 9.97 Å². The number of hydrogen-bond acceptors (Lipinski definition) is 3. The Labute approximate surface area is 114 Å². The molecular formula is C14H13BrN2O. The highest BCUT2D eigenvalue weighted by Gasteiger charge is 2.27. The molecule has 0 bridgehead atoms. The van der Waals surface area contributed by atoms with Gasteiger partial charge in [-0.05, 0) is 18.6 Å². The van der Waals surface area contributed by atoms with Crippen LogP contribution >= 0.6 is 15.9 Å². The molecule has 1 aliphatic heterocycles. The zero-order valence-electron chi connectivity index (χ0n) is 10.1. The summed E-state index contributed by atoms with van der Waals surface area (Å²) in [6, 6.07) is 8.10. The van der Waals surface area contributed by atoms with E-state index in [0.29, 0.717) is 6.61 Å². The predicted molar refractivity (Wildman–Crippen MR) is 73.2 cm³/mol. The number of rotatable bonds is 2. The van der Waals surface area contributed by atoms with E-state index in [4.69, 9.17) is 4.74 Å². The highest BCUT2D eigenvalue weighted by Crippen LogP contribution is 2.36. The quantitative estimate of drug-likeness (QED) is 0.799. The Hall–Kier alpha value is -1.42. The Bertz CT molecular complexity index is 586. The molecule has 92 valence electrons. The van der Waals surface area contributed by atoms with Gasteiger partial charge >= 0.3 is 0 Å². The number of halogens is 1. The van der Waals surface area contributed by atoms with E-state index in [1.165, 1.54) is 5.56 Å². The van der Waals surface area contributed by atoms with Gasteiger partial charge in [0, 0.05) is 17.1 Å². The van der Waals surface area contributed by atoms with Crippen LogP contribution in [0.1, 0.15) is 28.6 Å². The number of benzene rings is 1. The standard InChI is InChI=1S/C14H13BrN2O/c1-9-7-16-14(17-12(9)6-15)11-8-18-13-5-3-2-4-10(11)13/h2-5,7,11H,6,8H2,1H3. The molecule has 3 rings (SSSR count). The lowest BCUT2D eigenvalue weighted by molar-refractivity contribution is 0.339. The van der Waals surface area contributed by atoms with Crippen molar-refractivity contribution < 1.29 is 4.74 Å². The number of para-hydroxylation sites is 1. The van der Waals surface area contributed by atoms with Gasteiger partial charge in [0.1, 0.15) is 18.2 Å². The van der Waals surface area contributed by atoms with E-state index in [1.54, 1.807) is 0 Å². The van der Waals surface area contributed by atoms with Crippen LogP contribution in [0, 0.1) is 6.92 Å². The molecular weight excluding hydrogens is 292 g/mol. The number of aromatic nitrogens is 2. The van der Waals surface area contributed by atoms with E-state index in [9.17, 15) is 0 Å². The smallest absolute Gasteiger partial charge is 0.139 e. The van der Waals surface area contributed by atoms with Crippen LogP contribution < -0.4 is 4.74 Å². The van der Waals surface area contributed by atoms with E-state index in [-0.39, 0.29) is 5.92 Å². The van der Waals surface area contributed by atoms with Crippen LogP contribution in [0.4, 0.5) is 0 Å². The topological polar surface area (TPSA) is 35.0 Å². The van der Waals surface area contributed by atoms with Gasteiger partial charge in [0.2, 0.25) is 0 Å². The lowest BCUT2D eigenvalue weighted by atomic mass is 10.0. The monoisotopic (exact) mass is 304 g/mol. The van der Waals surface area contributed by atoms with Crippen LogP contribution in [0.5, 0.6) is 5.75 Å². The minimum absolute atomic E-state index is 0.152. The highest BCUT2D eigenvalue weighted by atomic mass is 79.9. The van der Waals surface area contributed by atoms with Gasteiger partial charge in [0.05, 0.1) is 11.6 Å². The van der Waals surface area contributed by atoms with Crippen LogP contribution in [0.15, 0.2) is 30.5 Å². The molecule has 0 saturated heterocycles. The Morgan fingerprint density at radius 3 is 3.06 bits per heavy atom. The fourth-order valence-corrected chi connectivity index (χ4v) is 2.74. The Balaban J connectivity index is 2.02. The van der Waals surface area contributed by atoms with Gasteiger partial charge in [-0.3, -0.25) is 0 Å². The molecule has 0 saturated carbocycles. The number of ether oxygens (including phenoxy) is 1. The Kier molecular flexibility index (Phi) is 3.04. The predicted octanol–water partition coefficient (Wildman–Crippen LogP) is 3.20. The zero-order chi connectivity index (χ0) is 12.5. The third-order valence-corrected chi connectivity index (χ3v) is 3.76. The lowest BCUT2D eigenvalue weighted by Gasteiger charge is -2.09. The molecule has 0 spiro atoms. The molecule has 1 aromatic heterocycles. The molecule has 1 aliphatic rings. The van der Waals surface area contributed by atoms with Crippen molar-refractivity contribution in [1.29, 1.82) is 0 Å². The molecule has 3 nitrogen and oxygen atoms in total. The zero-order valence-corrected chi connectivity index (χ0v) is 11.6. The second-order valence-electron chi connectivity index (χ2n) is 4.39. The maximum Gasteiger partial charge on any atom is 0.139 e. The van der Waals surface area contributed by atoms with Crippen molar-refractivity contribution in [2.45, 2.75) is 18.2 Å². The molecule has 0 N–H and O–H groups in total. The molecule has 18 heavy (non-hydrogen) atoms. The average molecular weight is 305 g/mol. The van der Waals surface area contributed by atoms with Gasteiger partial charge in [-0.15, -0.1) is 0 Å². The third kappa shape index (κ3) is 1.90. The summed E-state index contributed by atoms with van der Waals surface area (Å²) in [5, 5.41) is 0.754. The average Bonchev–Trinajstić information content (AvgIpc) is 2.83. The summed E-state index contributed by atoms with van der Waals surface area (Å²) < 4.78 is 5.68. The molecule has 2 heterocycles. The fourth-order valence-electron chi connectivity index (χ4n) is 2.17. The molecule has 0 amide bonds. The van der Waals surface area contributed by atoms with Gasteiger partial charge in [-0.2, -0.15) is 0 Å². The van der Waals surface area contributed by atoms with Crippen molar-refractivity contribution in [3.05, 3.63) is 53.1 Å². The molecule has 0 radical (unpaired) electrons. The van der Waals surface area contributed by atoms with Crippen LogP contribution in [0.3, 0.4) is 0 Å². The molecule has 4 heteroatoms. The summed E-state index contributed by atoms with van der Waals surface area (Å²) in [5.41, 5.74) is 3.34. The number of aryl methyl sites for hydroxylation is 1. The van der Waals surface area contributed by atoms with Crippen molar-refractivity contribution in [3.63, 3.8) is 0 Å². The number of hydrogen-bond donors (Lipinski definition) is 0. The molecule has 0 fully saturated rings. The van der Waals surface area contributed by atoms with Crippen LogP contribution in [-0.4, -0.2) is 16.6 Å². The van der Waals surface area contributed by atoms with E-state index in [1.807, 2.05) is 31.3 Å². The molecule has 1 atom stereocenters. The number of nitrogens with zero attached hydrogens (tertiary/aromatic N) is 2. The summed E-state index contributed by atoms with van der Waals surface area (Å²) in [7, 11) is 0. The number of fused-ring (bicyclic) bond motifs is 1. The maximum absolute atomic E-state index is 5.68. The first-order valence-electron chi connectivity index (χ1n) is 5.89. The van der Waals surface area contributed by atoms with Crippen LogP contribution in [0.25, 0.3) is 0 Å². The van der Waals surface area contributed by atoms with Gasteiger partial charge in [0.25, 0.3) is 0 Å². The van der Waals surface area contributed by atoms with Gasteiger partial charge in [-0.25, -0.2) is 9.97 Å². The summed E-state index contributed by atoms with van der Waals surface area (Å²) in [4.78, 5) is 9.09. The molecule has 1 unspecified atom stereocenters. The second kappa shape index (κ2) is 4.69. The van der Waals surface area contributed by atoms with Crippen molar-refractivity contribution >= 4 is 15.9 Å². The summed E-state index contributed by atoms with van der Waals surface area (Å²) in [6.45, 7) is 2.66. The molecule has 2 aromatic rings. The fraction of sp³-hybridized carbons (Fsp3) is 0.286. The Morgan fingerprint density at radius 2 is 2.22 bits per heavy atom. The van der Waals surface area contributed by atoms with Crippen LogP contribution in [-0.2, 0) is 5.33 Å². The van der Waals surface area contributed by atoms with Gasteiger partial charge < -0.3 is 4.74 Å². The first-order valence-corrected chi connectivity index (χ1v) is 7.02. The van der Waals surface area contributed by atoms with E-state index < -0.39 is 0 Å². The van der Waals surface area contributed by atoms with Crippen molar-refractivity contribution in [2.24, 2.45) is 0 Å². The minimum Gasteiger partial charge on any atom is -0.492 e. The van der Waals surface area contributed by atoms with Gasteiger partial charge in [0.15, 0.2) is 0 Å². The third-order valence-electron chi connectivity index (χ3n) is 3.23. The highest BCUT2D eigenvalue weighted by molar-refractivity contribution is 9.08. The van der Waals surface area contributed by atoms with E-state index in [2.05, 4.69) is 32.0 Å². The lowest BCUT2D eigenvalue weighted by Crippen LogP contribution is -2.09. The first-order chi connectivity index (χ1) is 8.79.